The predicted molar refractivity (Wildman–Crippen MR) is 110 cm³/mol. The largest absolute Gasteiger partial charge is 0.350 e. The number of fused-ring (bicyclic) bond motifs is 1. The van der Waals surface area contributed by atoms with Crippen molar-refractivity contribution in [1.29, 1.82) is 0 Å². The lowest BCUT2D eigenvalue weighted by Crippen LogP contribution is -2.43. The second-order valence-corrected chi connectivity index (χ2v) is 7.54. The first-order chi connectivity index (χ1) is 13.5. The van der Waals surface area contributed by atoms with Gasteiger partial charge in [-0.1, -0.05) is 0 Å². The molecule has 1 N–H and O–H groups in total. The number of aromatic nitrogens is 1. The van der Waals surface area contributed by atoms with Gasteiger partial charge in [-0.05, 0) is 55.1 Å². The van der Waals surface area contributed by atoms with Crippen molar-refractivity contribution in [1.82, 2.24) is 14.4 Å². The number of amides is 1. The third-order valence-corrected chi connectivity index (χ3v) is 5.43. The molecule has 0 atom stereocenters. The lowest BCUT2D eigenvalue weighted by atomic mass is 10.1. The average molecular weight is 380 g/mol. The van der Waals surface area contributed by atoms with Crippen molar-refractivity contribution in [2.45, 2.75) is 6.54 Å². The monoisotopic (exact) mass is 380 g/mol. The minimum atomic E-state index is -0.322. The number of rotatable bonds is 4. The Balaban J connectivity index is 1.57. The molecule has 5 nitrogen and oxygen atoms in total. The Morgan fingerprint density at radius 2 is 1.75 bits per heavy atom. The van der Waals surface area contributed by atoms with Gasteiger partial charge in [0, 0.05) is 68.1 Å². The molecule has 1 fully saturated rings. The fraction of sp³-hybridized carbons (Fsp3) is 0.318. The lowest BCUT2D eigenvalue weighted by Gasteiger charge is -2.32. The van der Waals surface area contributed by atoms with E-state index in [1.165, 1.54) is 17.7 Å². The van der Waals surface area contributed by atoms with Crippen LogP contribution < -0.4 is 5.32 Å². The van der Waals surface area contributed by atoms with Crippen LogP contribution in [-0.4, -0.2) is 53.5 Å². The molecule has 0 radical (unpaired) electrons. The van der Waals surface area contributed by atoms with Crippen LogP contribution in [0.2, 0.25) is 0 Å². The number of hydrogen-bond donors (Lipinski definition) is 1. The molecule has 2 heterocycles. The molecule has 4 rings (SSSR count). The Bertz CT molecular complexity index is 988. The van der Waals surface area contributed by atoms with Gasteiger partial charge in [-0.3, -0.25) is 9.69 Å². The number of anilines is 1. The highest BCUT2D eigenvalue weighted by Crippen LogP contribution is 2.24. The Morgan fingerprint density at radius 1 is 1.04 bits per heavy atom. The Labute approximate surface area is 164 Å². The van der Waals surface area contributed by atoms with Crippen LogP contribution in [0, 0.1) is 5.82 Å². The summed E-state index contributed by atoms with van der Waals surface area (Å²) in [6, 6.07) is 11.6. The normalized spacial score (nSPS) is 15.8. The highest BCUT2D eigenvalue weighted by atomic mass is 19.1. The third-order valence-electron chi connectivity index (χ3n) is 5.43. The van der Waals surface area contributed by atoms with E-state index in [1.54, 1.807) is 12.1 Å². The quantitative estimate of drug-likeness (QED) is 0.755. The standard InChI is InChI=1S/C22H25FN4O/c1-25-9-11-27(12-10-25)15-17-14-26(2)21-8-3-16(13-20(17)21)22(28)24-19-6-4-18(23)5-7-19/h3-8,13-14H,9-12,15H2,1-2H3,(H,24,28). The van der Waals surface area contributed by atoms with Gasteiger partial charge in [-0.15, -0.1) is 0 Å². The van der Waals surface area contributed by atoms with E-state index in [2.05, 4.69) is 32.9 Å². The van der Waals surface area contributed by atoms with Crippen LogP contribution in [-0.2, 0) is 13.6 Å². The van der Waals surface area contributed by atoms with Crippen LogP contribution in [0.25, 0.3) is 10.9 Å². The average Bonchev–Trinajstić information content (AvgIpc) is 3.00. The van der Waals surface area contributed by atoms with E-state index >= 15 is 0 Å². The molecule has 0 unspecified atom stereocenters. The summed E-state index contributed by atoms with van der Waals surface area (Å²) in [5, 5.41) is 3.94. The van der Waals surface area contributed by atoms with E-state index in [0.717, 1.165) is 43.6 Å². The smallest absolute Gasteiger partial charge is 0.255 e. The zero-order valence-electron chi connectivity index (χ0n) is 16.3. The topological polar surface area (TPSA) is 40.5 Å². The van der Waals surface area contributed by atoms with Crippen LogP contribution in [0.4, 0.5) is 10.1 Å². The maximum absolute atomic E-state index is 13.1. The lowest BCUT2D eigenvalue weighted by molar-refractivity contribution is 0.102. The molecule has 2 aromatic carbocycles. The summed E-state index contributed by atoms with van der Waals surface area (Å²) < 4.78 is 15.2. The highest BCUT2D eigenvalue weighted by molar-refractivity contribution is 6.06. The number of nitrogens with zero attached hydrogens (tertiary/aromatic N) is 3. The maximum Gasteiger partial charge on any atom is 0.255 e. The second-order valence-electron chi connectivity index (χ2n) is 7.54. The summed E-state index contributed by atoms with van der Waals surface area (Å²) in [6.07, 6.45) is 2.16. The molecule has 0 saturated carbocycles. The molecule has 3 aromatic rings. The maximum atomic E-state index is 13.1. The second kappa shape index (κ2) is 7.73. The number of carbonyl (C=O) groups excluding carboxylic acids is 1. The summed E-state index contributed by atoms with van der Waals surface area (Å²) in [6.45, 7) is 5.15. The molecule has 0 bridgehead atoms. The third kappa shape index (κ3) is 3.93. The molecule has 1 amide bonds. The van der Waals surface area contributed by atoms with Gasteiger partial charge in [0.25, 0.3) is 5.91 Å². The van der Waals surface area contributed by atoms with Gasteiger partial charge < -0.3 is 14.8 Å². The minimum absolute atomic E-state index is 0.192. The number of piperazine rings is 1. The van der Waals surface area contributed by atoms with Crippen molar-refractivity contribution in [3.05, 3.63) is 65.6 Å². The molecular weight excluding hydrogens is 355 g/mol. The van der Waals surface area contributed by atoms with Gasteiger partial charge in [0.05, 0.1) is 0 Å². The molecule has 0 spiro atoms. The molecule has 1 aromatic heterocycles. The van der Waals surface area contributed by atoms with Gasteiger partial charge in [-0.2, -0.15) is 0 Å². The fourth-order valence-corrected chi connectivity index (χ4v) is 3.72. The summed E-state index contributed by atoms with van der Waals surface area (Å²) in [5.74, 6) is -0.514. The Hall–Kier alpha value is -2.70. The molecule has 6 heteroatoms. The summed E-state index contributed by atoms with van der Waals surface area (Å²) in [5.41, 5.74) is 3.53. The number of carbonyl (C=O) groups is 1. The predicted octanol–water partition coefficient (Wildman–Crippen LogP) is 3.32. The van der Waals surface area contributed by atoms with Gasteiger partial charge >= 0.3 is 0 Å². The fourth-order valence-electron chi connectivity index (χ4n) is 3.72. The highest BCUT2D eigenvalue weighted by Gasteiger charge is 2.17. The van der Waals surface area contributed by atoms with E-state index in [9.17, 15) is 9.18 Å². The first kappa shape index (κ1) is 18.7. The van der Waals surface area contributed by atoms with Gasteiger partial charge in [0.1, 0.15) is 5.82 Å². The molecular formula is C22H25FN4O. The molecule has 28 heavy (non-hydrogen) atoms. The Morgan fingerprint density at radius 3 is 2.46 bits per heavy atom. The number of hydrogen-bond acceptors (Lipinski definition) is 3. The van der Waals surface area contributed by atoms with Crippen molar-refractivity contribution in [3.63, 3.8) is 0 Å². The van der Waals surface area contributed by atoms with Gasteiger partial charge in [0.2, 0.25) is 0 Å². The van der Waals surface area contributed by atoms with E-state index in [4.69, 9.17) is 0 Å². The van der Waals surface area contributed by atoms with Crippen molar-refractivity contribution >= 4 is 22.5 Å². The molecule has 146 valence electrons. The zero-order chi connectivity index (χ0) is 19.7. The van der Waals surface area contributed by atoms with Crippen LogP contribution in [0.5, 0.6) is 0 Å². The summed E-state index contributed by atoms with van der Waals surface area (Å²) in [7, 11) is 4.19. The van der Waals surface area contributed by atoms with Crippen LogP contribution in [0.3, 0.4) is 0 Å². The van der Waals surface area contributed by atoms with Crippen molar-refractivity contribution in [3.8, 4) is 0 Å². The van der Waals surface area contributed by atoms with Crippen LogP contribution in [0.1, 0.15) is 15.9 Å². The van der Waals surface area contributed by atoms with E-state index in [1.807, 2.05) is 25.2 Å². The van der Waals surface area contributed by atoms with Gasteiger partial charge in [0.15, 0.2) is 0 Å². The zero-order valence-corrected chi connectivity index (χ0v) is 16.3. The molecule has 1 aliphatic heterocycles. The number of likely N-dealkylation sites (N-methyl/N-ethyl adjacent to an activating group) is 1. The van der Waals surface area contributed by atoms with Crippen LogP contribution >= 0.6 is 0 Å². The number of nitrogens with one attached hydrogen (secondary N) is 1. The van der Waals surface area contributed by atoms with Gasteiger partial charge in [-0.25, -0.2) is 4.39 Å². The van der Waals surface area contributed by atoms with Crippen molar-refractivity contribution < 1.29 is 9.18 Å². The minimum Gasteiger partial charge on any atom is -0.350 e. The summed E-state index contributed by atoms with van der Waals surface area (Å²) >= 11 is 0. The SMILES string of the molecule is CN1CCN(Cc2cn(C)c3ccc(C(=O)Nc4ccc(F)cc4)cc23)CC1. The number of benzene rings is 2. The van der Waals surface area contributed by atoms with E-state index < -0.39 is 0 Å². The van der Waals surface area contributed by atoms with E-state index in [-0.39, 0.29) is 11.7 Å². The number of halogens is 1. The van der Waals surface area contributed by atoms with Crippen molar-refractivity contribution in [2.75, 3.05) is 38.5 Å². The first-order valence-electron chi connectivity index (χ1n) is 9.55. The molecule has 1 saturated heterocycles. The van der Waals surface area contributed by atoms with Crippen LogP contribution in [0.15, 0.2) is 48.7 Å². The first-order valence-corrected chi connectivity index (χ1v) is 9.55. The van der Waals surface area contributed by atoms with E-state index in [0.29, 0.717) is 11.3 Å². The molecule has 1 aliphatic rings. The summed E-state index contributed by atoms with van der Waals surface area (Å²) in [4.78, 5) is 17.5. The van der Waals surface area contributed by atoms with Crippen molar-refractivity contribution in [2.24, 2.45) is 7.05 Å². The Kier molecular flexibility index (Phi) is 5.15. The molecule has 0 aliphatic carbocycles. The number of aryl methyl sites for hydroxylation is 1.